The topological polar surface area (TPSA) is 64.2 Å². The minimum atomic E-state index is -2.70. The number of aromatic amines is 1. The van der Waals surface area contributed by atoms with Crippen LogP contribution in [0.25, 0.3) is 10.9 Å². The van der Waals surface area contributed by atoms with Gasteiger partial charge < -0.3 is 14.5 Å². The van der Waals surface area contributed by atoms with Crippen molar-refractivity contribution in [2.24, 2.45) is 5.92 Å². The van der Waals surface area contributed by atoms with E-state index in [0.717, 1.165) is 32.1 Å². The number of benzene rings is 1. The van der Waals surface area contributed by atoms with Gasteiger partial charge in [-0.3, -0.25) is 4.79 Å². The van der Waals surface area contributed by atoms with E-state index in [1.165, 1.54) is 6.07 Å². The summed E-state index contributed by atoms with van der Waals surface area (Å²) in [5.74, 6) is -3.26. The lowest BCUT2D eigenvalue weighted by Gasteiger charge is -2.21. The van der Waals surface area contributed by atoms with E-state index >= 15 is 0 Å². The highest BCUT2D eigenvalue weighted by molar-refractivity contribution is 7.99. The Morgan fingerprint density at radius 2 is 2.04 bits per heavy atom. The van der Waals surface area contributed by atoms with Crippen LogP contribution >= 0.6 is 11.8 Å². The number of aromatic nitrogens is 2. The third kappa shape index (κ3) is 4.63. The van der Waals surface area contributed by atoms with E-state index in [-0.39, 0.29) is 37.1 Å². The average molecular weight is 416 g/mol. The largest absolute Gasteiger partial charge is 0.493 e. The van der Waals surface area contributed by atoms with E-state index in [1.54, 1.807) is 11.8 Å². The van der Waals surface area contributed by atoms with Gasteiger partial charge in [0.25, 0.3) is 11.5 Å². The first-order valence-corrected chi connectivity index (χ1v) is 9.90. The summed E-state index contributed by atoms with van der Waals surface area (Å²) in [7, 11) is 0. The van der Waals surface area contributed by atoms with Gasteiger partial charge in [0.05, 0.1) is 23.8 Å². The molecule has 1 atom stereocenters. The van der Waals surface area contributed by atoms with Crippen LogP contribution in [0.4, 0.5) is 13.2 Å². The van der Waals surface area contributed by atoms with Crippen LogP contribution in [0.15, 0.2) is 16.9 Å². The summed E-state index contributed by atoms with van der Waals surface area (Å²) in [5.41, 5.74) is -0.390. The Morgan fingerprint density at radius 1 is 1.32 bits per heavy atom. The molecule has 1 aromatic carbocycles. The van der Waals surface area contributed by atoms with Gasteiger partial charge in [-0.2, -0.15) is 11.8 Å². The van der Waals surface area contributed by atoms with Crippen molar-refractivity contribution in [1.29, 1.82) is 0 Å². The molecule has 154 valence electrons. The van der Waals surface area contributed by atoms with E-state index in [9.17, 15) is 18.0 Å². The number of hydrogen-bond acceptors (Lipinski definition) is 5. The zero-order valence-electron chi connectivity index (χ0n) is 14.5. The molecule has 1 saturated heterocycles. The molecule has 4 rings (SSSR count). The lowest BCUT2D eigenvalue weighted by atomic mass is 10.2. The van der Waals surface area contributed by atoms with Crippen LogP contribution in [0, 0.1) is 11.7 Å². The molecule has 1 aliphatic carbocycles. The molecule has 2 aromatic rings. The molecule has 0 spiro atoms. The van der Waals surface area contributed by atoms with Crippen LogP contribution < -0.4 is 10.3 Å². The lowest BCUT2D eigenvalue weighted by Crippen LogP contribution is -2.18. The molecule has 2 heterocycles. The van der Waals surface area contributed by atoms with Crippen molar-refractivity contribution in [1.82, 2.24) is 9.97 Å². The highest BCUT2D eigenvalue weighted by atomic mass is 32.2. The van der Waals surface area contributed by atoms with E-state index in [1.807, 2.05) is 0 Å². The second kappa shape index (κ2) is 8.32. The molecule has 1 aromatic heterocycles. The summed E-state index contributed by atoms with van der Waals surface area (Å²) < 4.78 is 50.8. The number of nitrogens with one attached hydrogen (secondary N) is 1. The van der Waals surface area contributed by atoms with E-state index in [0.29, 0.717) is 16.8 Å². The number of rotatable bonds is 6. The van der Waals surface area contributed by atoms with Gasteiger partial charge in [-0.05, 0) is 12.8 Å². The Kier molecular flexibility index (Phi) is 6.24. The maximum atomic E-state index is 14.3. The first kappa shape index (κ1) is 21.0. The second-order valence-corrected chi connectivity index (χ2v) is 8.20. The van der Waals surface area contributed by atoms with Gasteiger partial charge in [-0.25, -0.2) is 18.2 Å². The molecule has 1 unspecified atom stereocenters. The molecule has 2 fully saturated rings. The fourth-order valence-corrected chi connectivity index (χ4v) is 4.14. The van der Waals surface area contributed by atoms with Gasteiger partial charge >= 0.3 is 0 Å². The van der Waals surface area contributed by atoms with Crippen LogP contribution in [-0.4, -0.2) is 41.0 Å². The van der Waals surface area contributed by atoms with Crippen LogP contribution in [0.3, 0.4) is 0 Å². The number of H-pyrrole nitrogens is 1. The van der Waals surface area contributed by atoms with Crippen LogP contribution in [0.5, 0.6) is 5.75 Å². The zero-order valence-corrected chi connectivity index (χ0v) is 15.3. The average Bonchev–Trinajstić information content (AvgIpc) is 3.25. The molecule has 1 saturated carbocycles. The van der Waals surface area contributed by atoms with Crippen LogP contribution in [0.2, 0.25) is 0 Å². The van der Waals surface area contributed by atoms with Crippen LogP contribution in [0.1, 0.15) is 32.5 Å². The molecule has 1 N–H and O–H groups in total. The molecule has 0 radical (unpaired) electrons. The predicted molar refractivity (Wildman–Crippen MR) is 103 cm³/mol. The first-order chi connectivity index (χ1) is 12.9. The number of thioether (sulfide) groups is 1. The molecular weight excluding hydrogens is 393 g/mol. The SMILES string of the molecule is C.O=c1[nH]c(CSC2CCOCC2)nc2cc(OCC3CC3(F)F)cc(F)c12. The van der Waals surface area contributed by atoms with Gasteiger partial charge in [0.15, 0.2) is 0 Å². The fraction of sp³-hybridized carbons (Fsp3) is 0.579. The lowest BCUT2D eigenvalue weighted by molar-refractivity contribution is 0.0856. The molecular formula is C19H23F3N2O3S. The monoisotopic (exact) mass is 416 g/mol. The smallest absolute Gasteiger partial charge is 0.261 e. The van der Waals surface area contributed by atoms with Gasteiger partial charge in [0.1, 0.15) is 22.8 Å². The minimum Gasteiger partial charge on any atom is -0.493 e. The van der Waals surface area contributed by atoms with Gasteiger partial charge in [0.2, 0.25) is 0 Å². The molecule has 5 nitrogen and oxygen atoms in total. The van der Waals surface area contributed by atoms with Gasteiger partial charge in [0, 0.05) is 37.0 Å². The Bertz CT molecular complexity index is 900. The number of alkyl halides is 2. The second-order valence-electron chi connectivity index (χ2n) is 6.91. The normalized spacial score (nSPS) is 21.3. The number of nitrogens with zero attached hydrogens (tertiary/aromatic N) is 1. The number of halogens is 3. The standard InChI is InChI=1S/C18H19F3N2O3S.CH4/c19-13-5-11(26-8-10-7-18(10,20)21)6-14-16(13)17(24)23-15(22-14)9-27-12-1-3-25-4-2-12;/h5-6,10,12H,1-4,7-9H2,(H,22,23,24);1H4. The summed E-state index contributed by atoms with van der Waals surface area (Å²) in [6, 6.07) is 2.47. The molecule has 28 heavy (non-hydrogen) atoms. The number of hydrogen-bond donors (Lipinski definition) is 1. The molecule has 0 amide bonds. The summed E-state index contributed by atoms with van der Waals surface area (Å²) in [6.45, 7) is 1.27. The Labute approximate surface area is 165 Å². The van der Waals surface area contributed by atoms with Crippen molar-refractivity contribution >= 4 is 22.7 Å². The van der Waals surface area contributed by atoms with Crippen molar-refractivity contribution in [3.05, 3.63) is 34.1 Å². The highest BCUT2D eigenvalue weighted by Gasteiger charge is 2.57. The van der Waals surface area contributed by atoms with Crippen molar-refractivity contribution in [2.75, 3.05) is 19.8 Å². The quantitative estimate of drug-likeness (QED) is 0.767. The van der Waals surface area contributed by atoms with Crippen LogP contribution in [-0.2, 0) is 10.5 Å². The molecule has 2 aliphatic rings. The first-order valence-electron chi connectivity index (χ1n) is 8.85. The summed E-state index contributed by atoms with van der Waals surface area (Å²) >= 11 is 1.68. The van der Waals surface area contributed by atoms with Crippen molar-refractivity contribution < 1.29 is 22.6 Å². The Hall–Kier alpha value is -1.74. The third-order valence-corrected chi connectivity index (χ3v) is 6.20. The van der Waals surface area contributed by atoms with E-state index in [2.05, 4.69) is 9.97 Å². The van der Waals surface area contributed by atoms with Crippen molar-refractivity contribution in [2.45, 2.75) is 43.6 Å². The maximum absolute atomic E-state index is 14.3. The fourth-order valence-electron chi connectivity index (χ4n) is 3.09. The molecule has 9 heteroatoms. The number of ether oxygens (including phenoxy) is 2. The zero-order chi connectivity index (χ0) is 19.0. The van der Waals surface area contributed by atoms with E-state index in [4.69, 9.17) is 9.47 Å². The minimum absolute atomic E-state index is 0. The predicted octanol–water partition coefficient (Wildman–Crippen LogP) is 4.14. The number of fused-ring (bicyclic) bond motifs is 1. The molecule has 1 aliphatic heterocycles. The van der Waals surface area contributed by atoms with Gasteiger partial charge in [-0.1, -0.05) is 7.43 Å². The maximum Gasteiger partial charge on any atom is 0.261 e. The van der Waals surface area contributed by atoms with Crippen molar-refractivity contribution in [3.8, 4) is 5.75 Å². The third-order valence-electron chi connectivity index (χ3n) is 4.81. The highest BCUT2D eigenvalue weighted by Crippen LogP contribution is 2.48. The van der Waals surface area contributed by atoms with E-state index < -0.39 is 23.2 Å². The summed E-state index contributed by atoms with van der Waals surface area (Å²) in [5, 5.41) is 0.283. The van der Waals surface area contributed by atoms with Crippen molar-refractivity contribution in [3.63, 3.8) is 0 Å². The molecule has 0 bridgehead atoms. The Balaban J connectivity index is 0.00000225. The summed E-state index contributed by atoms with van der Waals surface area (Å²) in [6.07, 6.45) is 1.68. The Morgan fingerprint density at radius 3 is 2.71 bits per heavy atom. The summed E-state index contributed by atoms with van der Waals surface area (Å²) in [4.78, 5) is 19.2. The van der Waals surface area contributed by atoms with Gasteiger partial charge in [-0.15, -0.1) is 0 Å².